The highest BCUT2D eigenvalue weighted by Crippen LogP contribution is 2.27. The molecular formula is C22H22ClN3O4. The van der Waals surface area contributed by atoms with Crippen molar-refractivity contribution in [3.05, 3.63) is 69.0 Å². The molecule has 3 aromatic rings. The van der Waals surface area contributed by atoms with Gasteiger partial charge in [0.1, 0.15) is 11.3 Å². The van der Waals surface area contributed by atoms with Gasteiger partial charge in [-0.2, -0.15) is 0 Å². The van der Waals surface area contributed by atoms with Crippen molar-refractivity contribution in [2.45, 2.75) is 33.4 Å². The average Bonchev–Trinajstić information content (AvgIpc) is 2.69. The molecule has 0 saturated carbocycles. The second-order valence-corrected chi connectivity index (χ2v) is 7.45. The SMILES string of the molecule is CCn1cc(C(=O)Nc2ccc(C(N)=O)cc2OC(C)C)c(=O)c2cc(Cl)ccc21. The van der Waals surface area contributed by atoms with Gasteiger partial charge in [-0.1, -0.05) is 11.6 Å². The lowest BCUT2D eigenvalue weighted by Gasteiger charge is -2.16. The summed E-state index contributed by atoms with van der Waals surface area (Å²) in [6, 6.07) is 9.47. The topological polar surface area (TPSA) is 103 Å². The molecule has 1 aromatic heterocycles. The number of carbonyl (C=O) groups is 2. The number of nitrogens with zero attached hydrogens (tertiary/aromatic N) is 1. The van der Waals surface area contributed by atoms with Gasteiger partial charge in [-0.15, -0.1) is 0 Å². The van der Waals surface area contributed by atoms with Crippen molar-refractivity contribution in [2.24, 2.45) is 5.73 Å². The summed E-state index contributed by atoms with van der Waals surface area (Å²) in [6.07, 6.45) is 1.32. The summed E-state index contributed by atoms with van der Waals surface area (Å²) in [4.78, 5) is 37.4. The van der Waals surface area contributed by atoms with E-state index in [0.717, 1.165) is 0 Å². The molecule has 0 saturated heterocycles. The van der Waals surface area contributed by atoms with Crippen LogP contribution >= 0.6 is 11.6 Å². The Hall–Kier alpha value is -3.32. The molecule has 0 aliphatic rings. The van der Waals surface area contributed by atoms with Crippen molar-refractivity contribution in [3.63, 3.8) is 0 Å². The van der Waals surface area contributed by atoms with Gasteiger partial charge in [0.2, 0.25) is 11.3 Å². The number of pyridine rings is 1. The Balaban J connectivity index is 2.06. The number of anilines is 1. The van der Waals surface area contributed by atoms with Gasteiger partial charge in [-0.3, -0.25) is 14.4 Å². The maximum atomic E-state index is 13.0. The molecule has 0 fully saturated rings. The van der Waals surface area contributed by atoms with Crippen LogP contribution in [0.2, 0.25) is 5.02 Å². The predicted molar refractivity (Wildman–Crippen MR) is 118 cm³/mol. The zero-order valence-corrected chi connectivity index (χ0v) is 17.6. The lowest BCUT2D eigenvalue weighted by atomic mass is 10.1. The monoisotopic (exact) mass is 427 g/mol. The van der Waals surface area contributed by atoms with E-state index in [9.17, 15) is 14.4 Å². The third-order valence-corrected chi connectivity index (χ3v) is 4.74. The van der Waals surface area contributed by atoms with E-state index in [2.05, 4.69) is 5.32 Å². The minimum atomic E-state index is -0.612. The van der Waals surface area contributed by atoms with Crippen molar-refractivity contribution in [2.75, 3.05) is 5.32 Å². The number of carbonyl (C=O) groups excluding carboxylic acids is 2. The van der Waals surface area contributed by atoms with Crippen LogP contribution in [-0.4, -0.2) is 22.5 Å². The molecular weight excluding hydrogens is 406 g/mol. The number of amides is 2. The summed E-state index contributed by atoms with van der Waals surface area (Å²) >= 11 is 6.05. The number of hydrogen-bond acceptors (Lipinski definition) is 4. The van der Waals surface area contributed by atoms with Gasteiger partial charge in [0, 0.05) is 28.7 Å². The highest BCUT2D eigenvalue weighted by Gasteiger charge is 2.18. The fraction of sp³-hybridized carbons (Fsp3) is 0.227. The number of aryl methyl sites for hydroxylation is 1. The van der Waals surface area contributed by atoms with Crippen LogP contribution < -0.4 is 21.2 Å². The maximum absolute atomic E-state index is 13.0. The minimum absolute atomic E-state index is 0.0268. The van der Waals surface area contributed by atoms with E-state index in [4.69, 9.17) is 22.1 Å². The lowest BCUT2D eigenvalue weighted by Crippen LogP contribution is -2.24. The van der Waals surface area contributed by atoms with Crippen LogP contribution in [-0.2, 0) is 6.54 Å². The maximum Gasteiger partial charge on any atom is 0.261 e. The molecule has 1 heterocycles. The largest absolute Gasteiger partial charge is 0.489 e. The van der Waals surface area contributed by atoms with E-state index in [0.29, 0.717) is 28.2 Å². The van der Waals surface area contributed by atoms with Crippen LogP contribution in [0.15, 0.2) is 47.4 Å². The normalized spacial score (nSPS) is 11.0. The van der Waals surface area contributed by atoms with E-state index in [1.807, 2.05) is 25.3 Å². The number of nitrogens with one attached hydrogen (secondary N) is 1. The number of primary amides is 1. The molecule has 30 heavy (non-hydrogen) atoms. The summed E-state index contributed by atoms with van der Waals surface area (Å²) in [5.41, 5.74) is 6.15. The van der Waals surface area contributed by atoms with Crippen LogP contribution in [0, 0.1) is 0 Å². The number of rotatable bonds is 6. The predicted octanol–water partition coefficient (Wildman–Crippen LogP) is 3.81. The molecule has 0 spiro atoms. The molecule has 3 N–H and O–H groups in total. The van der Waals surface area contributed by atoms with Crippen LogP contribution in [0.5, 0.6) is 5.75 Å². The number of nitrogens with two attached hydrogens (primary N) is 1. The Morgan fingerprint density at radius 2 is 1.93 bits per heavy atom. The first-order chi connectivity index (χ1) is 14.2. The van der Waals surface area contributed by atoms with E-state index in [1.165, 1.54) is 24.4 Å². The minimum Gasteiger partial charge on any atom is -0.489 e. The van der Waals surface area contributed by atoms with Gasteiger partial charge in [-0.05, 0) is 57.2 Å². The number of halogens is 1. The summed E-state index contributed by atoms with van der Waals surface area (Å²) in [5.74, 6) is -0.919. The molecule has 8 heteroatoms. The Morgan fingerprint density at radius 1 is 1.20 bits per heavy atom. The molecule has 3 rings (SSSR count). The van der Waals surface area contributed by atoms with Gasteiger partial charge in [0.05, 0.1) is 17.3 Å². The first-order valence-electron chi connectivity index (χ1n) is 9.45. The zero-order valence-electron chi connectivity index (χ0n) is 16.9. The van der Waals surface area contributed by atoms with Gasteiger partial charge in [0.15, 0.2) is 0 Å². The molecule has 0 radical (unpaired) electrons. The van der Waals surface area contributed by atoms with Crippen LogP contribution in [0.25, 0.3) is 10.9 Å². The number of hydrogen-bond donors (Lipinski definition) is 2. The summed E-state index contributed by atoms with van der Waals surface area (Å²) in [5, 5.41) is 3.48. The quantitative estimate of drug-likeness (QED) is 0.624. The second kappa shape index (κ2) is 8.59. The first kappa shape index (κ1) is 21.4. The van der Waals surface area contributed by atoms with Crippen molar-refractivity contribution in [3.8, 4) is 5.75 Å². The standard InChI is InChI=1S/C22H22ClN3O4/c1-4-26-11-16(20(27)15-10-14(23)6-8-18(15)26)22(29)25-17-7-5-13(21(24)28)9-19(17)30-12(2)3/h5-12H,4H2,1-3H3,(H2,24,28)(H,25,29). The van der Waals surface area contributed by atoms with Crippen LogP contribution in [0.3, 0.4) is 0 Å². The summed E-state index contributed by atoms with van der Waals surface area (Å²) < 4.78 is 7.52. The van der Waals surface area contributed by atoms with Crippen molar-refractivity contribution >= 4 is 40.0 Å². The smallest absolute Gasteiger partial charge is 0.261 e. The highest BCUT2D eigenvalue weighted by atomic mass is 35.5. The Labute approximate surface area is 178 Å². The number of aromatic nitrogens is 1. The second-order valence-electron chi connectivity index (χ2n) is 7.02. The summed E-state index contributed by atoms with van der Waals surface area (Å²) in [6.45, 7) is 6.11. The van der Waals surface area contributed by atoms with E-state index in [1.54, 1.807) is 18.2 Å². The van der Waals surface area contributed by atoms with E-state index < -0.39 is 17.2 Å². The van der Waals surface area contributed by atoms with Gasteiger partial charge in [-0.25, -0.2) is 0 Å². The molecule has 7 nitrogen and oxygen atoms in total. The van der Waals surface area contributed by atoms with Gasteiger partial charge >= 0.3 is 0 Å². The molecule has 0 aliphatic heterocycles. The highest BCUT2D eigenvalue weighted by molar-refractivity contribution is 6.31. The lowest BCUT2D eigenvalue weighted by molar-refractivity contribution is 0.0997. The van der Waals surface area contributed by atoms with Crippen molar-refractivity contribution < 1.29 is 14.3 Å². The average molecular weight is 428 g/mol. The zero-order chi connectivity index (χ0) is 22.0. The fourth-order valence-corrected chi connectivity index (χ4v) is 3.29. The van der Waals surface area contributed by atoms with E-state index in [-0.39, 0.29) is 23.0 Å². The number of ether oxygens (including phenoxy) is 1. The molecule has 2 amide bonds. The van der Waals surface area contributed by atoms with E-state index >= 15 is 0 Å². The number of benzene rings is 2. The van der Waals surface area contributed by atoms with Gasteiger partial charge < -0.3 is 20.4 Å². The molecule has 0 atom stereocenters. The number of fused-ring (bicyclic) bond motifs is 1. The first-order valence-corrected chi connectivity index (χ1v) is 9.83. The third kappa shape index (κ3) is 4.31. The van der Waals surface area contributed by atoms with Gasteiger partial charge in [0.25, 0.3) is 5.91 Å². The van der Waals surface area contributed by atoms with Crippen LogP contribution in [0.1, 0.15) is 41.5 Å². The van der Waals surface area contributed by atoms with Crippen molar-refractivity contribution in [1.29, 1.82) is 0 Å². The third-order valence-electron chi connectivity index (χ3n) is 4.50. The molecule has 0 aliphatic carbocycles. The molecule has 0 unspecified atom stereocenters. The summed E-state index contributed by atoms with van der Waals surface area (Å²) in [7, 11) is 0. The Bertz CT molecular complexity index is 1200. The fourth-order valence-electron chi connectivity index (χ4n) is 3.11. The van der Waals surface area contributed by atoms with Crippen LogP contribution in [0.4, 0.5) is 5.69 Å². The Morgan fingerprint density at radius 3 is 2.57 bits per heavy atom. The molecule has 0 bridgehead atoms. The molecule has 156 valence electrons. The molecule has 2 aromatic carbocycles. The Kier molecular flexibility index (Phi) is 6.12. The van der Waals surface area contributed by atoms with Crippen molar-refractivity contribution in [1.82, 2.24) is 4.57 Å².